The molecule has 3 heterocycles. The number of carbonyl (C=O) groups excluding carboxylic acids is 2. The molecule has 0 aromatic carbocycles. The second-order valence-electron chi connectivity index (χ2n) is 5.21. The molecule has 3 fully saturated rings. The van der Waals surface area contributed by atoms with Gasteiger partial charge in [0.25, 0.3) is 0 Å². The van der Waals surface area contributed by atoms with Crippen LogP contribution in [0, 0.1) is 0 Å². The lowest BCUT2D eigenvalue weighted by molar-refractivity contribution is -0.139. The highest BCUT2D eigenvalue weighted by Crippen LogP contribution is 2.42. The smallest absolute Gasteiger partial charge is 0.240 e. The molecule has 17 heavy (non-hydrogen) atoms. The number of piperazine rings is 1. The maximum atomic E-state index is 12.1. The van der Waals surface area contributed by atoms with Gasteiger partial charge in [0.2, 0.25) is 11.8 Å². The molecule has 5 nitrogen and oxygen atoms in total. The molecule has 4 atom stereocenters. The first-order valence-electron chi connectivity index (χ1n) is 6.52. The topological polar surface area (TPSA) is 52.4 Å². The summed E-state index contributed by atoms with van der Waals surface area (Å²) in [6.45, 7) is 5.51. The number of nitrogens with one attached hydrogen (secondary N) is 1. The minimum Gasteiger partial charge on any atom is -0.355 e. The Hall–Kier alpha value is -1.10. The van der Waals surface area contributed by atoms with Crippen molar-refractivity contribution >= 4 is 11.8 Å². The van der Waals surface area contributed by atoms with Crippen LogP contribution in [0.2, 0.25) is 0 Å². The molecular weight excluding hydrogens is 218 g/mol. The van der Waals surface area contributed by atoms with Gasteiger partial charge in [0.05, 0.1) is 18.1 Å². The average molecular weight is 237 g/mol. The zero-order valence-corrected chi connectivity index (χ0v) is 10.3. The zero-order valence-electron chi connectivity index (χ0n) is 10.3. The molecule has 2 amide bonds. The van der Waals surface area contributed by atoms with Crippen LogP contribution in [-0.2, 0) is 9.59 Å². The lowest BCUT2D eigenvalue weighted by Gasteiger charge is -2.35. The molecule has 3 aliphatic rings. The Labute approximate surface area is 101 Å². The van der Waals surface area contributed by atoms with Gasteiger partial charge in [-0.2, -0.15) is 0 Å². The van der Waals surface area contributed by atoms with Crippen molar-refractivity contribution in [3.05, 3.63) is 0 Å². The predicted octanol–water partition coefficient (Wildman–Crippen LogP) is -0.432. The standard InChI is InChI=1S/C12H19N3O2/c1-3-13-11(16)10-9-7(2)15(9)12(17)8-5-4-6-14(8)10/h7-10H,3-6H2,1-2H3,(H,13,16)/t7-,8-,9-,10-,15?/m0/s1. The summed E-state index contributed by atoms with van der Waals surface area (Å²) >= 11 is 0. The zero-order chi connectivity index (χ0) is 12.2. The van der Waals surface area contributed by atoms with Crippen LogP contribution in [0.4, 0.5) is 0 Å². The molecule has 5 heteroatoms. The van der Waals surface area contributed by atoms with Gasteiger partial charge in [-0.1, -0.05) is 0 Å². The van der Waals surface area contributed by atoms with E-state index in [1.807, 2.05) is 18.7 Å². The third-order valence-corrected chi connectivity index (χ3v) is 4.30. The quantitative estimate of drug-likeness (QED) is 0.663. The Bertz CT molecular complexity index is 371. The van der Waals surface area contributed by atoms with E-state index >= 15 is 0 Å². The van der Waals surface area contributed by atoms with Gasteiger partial charge >= 0.3 is 0 Å². The number of hydrogen-bond donors (Lipinski definition) is 1. The van der Waals surface area contributed by atoms with E-state index in [-0.39, 0.29) is 36.0 Å². The number of nitrogens with zero attached hydrogens (tertiary/aromatic N) is 2. The van der Waals surface area contributed by atoms with Crippen molar-refractivity contribution in [2.45, 2.75) is 50.9 Å². The Morgan fingerprint density at radius 1 is 1.53 bits per heavy atom. The van der Waals surface area contributed by atoms with Crippen molar-refractivity contribution in [1.29, 1.82) is 0 Å². The van der Waals surface area contributed by atoms with E-state index in [4.69, 9.17) is 0 Å². The van der Waals surface area contributed by atoms with Gasteiger partial charge in [0.1, 0.15) is 6.04 Å². The molecule has 0 radical (unpaired) electrons. The molecule has 0 aromatic rings. The number of likely N-dealkylation sites (N-methyl/N-ethyl adjacent to an activating group) is 1. The summed E-state index contributed by atoms with van der Waals surface area (Å²) in [6, 6.07) is 0.197. The number of hydrogen-bond acceptors (Lipinski definition) is 3. The molecule has 0 aromatic heterocycles. The van der Waals surface area contributed by atoms with Gasteiger partial charge in [-0.05, 0) is 33.2 Å². The molecule has 3 aliphatic heterocycles. The van der Waals surface area contributed by atoms with Crippen molar-refractivity contribution in [2.24, 2.45) is 0 Å². The molecule has 1 N–H and O–H groups in total. The van der Waals surface area contributed by atoms with E-state index in [9.17, 15) is 9.59 Å². The first kappa shape index (κ1) is 11.0. The van der Waals surface area contributed by atoms with Crippen LogP contribution >= 0.6 is 0 Å². The van der Waals surface area contributed by atoms with E-state index < -0.39 is 0 Å². The molecule has 0 saturated carbocycles. The minimum absolute atomic E-state index is 0.0381. The van der Waals surface area contributed by atoms with Gasteiger partial charge in [0, 0.05) is 6.54 Å². The number of carbonyl (C=O) groups is 2. The molecule has 94 valence electrons. The molecule has 0 unspecified atom stereocenters. The van der Waals surface area contributed by atoms with E-state index in [0.717, 1.165) is 19.4 Å². The van der Waals surface area contributed by atoms with Gasteiger partial charge in [0.15, 0.2) is 0 Å². The summed E-state index contributed by atoms with van der Waals surface area (Å²) in [4.78, 5) is 28.3. The second-order valence-corrected chi connectivity index (χ2v) is 5.21. The van der Waals surface area contributed by atoms with Gasteiger partial charge in [-0.3, -0.25) is 14.5 Å². The first-order chi connectivity index (χ1) is 8.16. The highest BCUT2D eigenvalue weighted by Gasteiger charge is 2.63. The monoisotopic (exact) mass is 237 g/mol. The lowest BCUT2D eigenvalue weighted by atomic mass is 10.0. The minimum atomic E-state index is -0.116. The highest BCUT2D eigenvalue weighted by molar-refractivity contribution is 5.92. The molecule has 0 bridgehead atoms. The van der Waals surface area contributed by atoms with Gasteiger partial charge in [-0.15, -0.1) is 0 Å². The van der Waals surface area contributed by atoms with Crippen LogP contribution in [-0.4, -0.2) is 58.9 Å². The summed E-state index contributed by atoms with van der Waals surface area (Å²) in [5.74, 6) is 0.326. The Balaban J connectivity index is 1.86. The van der Waals surface area contributed by atoms with Crippen molar-refractivity contribution in [2.75, 3.05) is 13.1 Å². The molecule has 3 rings (SSSR count). The average Bonchev–Trinajstić information content (AvgIpc) is 2.77. The summed E-state index contributed by atoms with van der Waals surface area (Å²) in [5.41, 5.74) is 0. The van der Waals surface area contributed by atoms with Crippen molar-refractivity contribution in [3.63, 3.8) is 0 Å². The van der Waals surface area contributed by atoms with Crippen molar-refractivity contribution in [1.82, 2.24) is 15.1 Å². The van der Waals surface area contributed by atoms with E-state index in [1.54, 1.807) is 0 Å². The van der Waals surface area contributed by atoms with Gasteiger partial charge in [-0.25, -0.2) is 0 Å². The lowest BCUT2D eigenvalue weighted by Crippen LogP contribution is -2.59. The fraction of sp³-hybridized carbons (Fsp3) is 0.833. The van der Waals surface area contributed by atoms with Crippen LogP contribution in [0.5, 0.6) is 0 Å². The van der Waals surface area contributed by atoms with E-state index in [2.05, 4.69) is 10.2 Å². The summed E-state index contributed by atoms with van der Waals surface area (Å²) in [5, 5.41) is 2.90. The van der Waals surface area contributed by atoms with Gasteiger partial charge < -0.3 is 10.2 Å². The first-order valence-corrected chi connectivity index (χ1v) is 6.52. The van der Waals surface area contributed by atoms with Crippen LogP contribution in [0.3, 0.4) is 0 Å². The van der Waals surface area contributed by atoms with E-state index in [0.29, 0.717) is 6.54 Å². The maximum Gasteiger partial charge on any atom is 0.240 e. The van der Waals surface area contributed by atoms with Crippen LogP contribution in [0.1, 0.15) is 26.7 Å². The molecule has 0 spiro atoms. The number of fused-ring (bicyclic) bond motifs is 2. The Kier molecular flexibility index (Phi) is 2.40. The SMILES string of the molecule is CCNC(=O)[C@@H]1[C@@H]2[C@H](C)N2C(=O)[C@@H]2CCCN12. The number of amides is 2. The normalized spacial score (nSPS) is 39.9. The van der Waals surface area contributed by atoms with Crippen molar-refractivity contribution < 1.29 is 9.59 Å². The fourth-order valence-corrected chi connectivity index (χ4v) is 3.48. The van der Waals surface area contributed by atoms with Crippen LogP contribution in [0.15, 0.2) is 0 Å². The highest BCUT2D eigenvalue weighted by atomic mass is 16.2. The molecule has 0 aliphatic carbocycles. The van der Waals surface area contributed by atoms with E-state index in [1.165, 1.54) is 0 Å². The number of rotatable bonds is 2. The maximum absolute atomic E-state index is 12.1. The predicted molar refractivity (Wildman–Crippen MR) is 62.3 cm³/mol. The summed E-state index contributed by atoms with van der Waals surface area (Å²) < 4.78 is 0. The summed E-state index contributed by atoms with van der Waals surface area (Å²) in [6.07, 6.45) is 1.94. The van der Waals surface area contributed by atoms with Crippen molar-refractivity contribution in [3.8, 4) is 0 Å². The van der Waals surface area contributed by atoms with Crippen LogP contribution < -0.4 is 5.32 Å². The fourth-order valence-electron chi connectivity index (χ4n) is 3.48. The molecule has 3 saturated heterocycles. The largest absolute Gasteiger partial charge is 0.355 e. The third kappa shape index (κ3) is 1.41. The Morgan fingerprint density at radius 3 is 3.00 bits per heavy atom. The summed E-state index contributed by atoms with van der Waals surface area (Å²) in [7, 11) is 0. The molecular formula is C12H19N3O2. The van der Waals surface area contributed by atoms with Crippen LogP contribution in [0.25, 0.3) is 0 Å². The Morgan fingerprint density at radius 2 is 2.29 bits per heavy atom. The third-order valence-electron chi connectivity index (χ3n) is 4.30. The second kappa shape index (κ2) is 3.70.